The smallest absolute Gasteiger partial charge is 0.411 e. The highest BCUT2D eigenvalue weighted by atomic mass is 16.6. The number of carbonyl (C=O) groups excluding carboxylic acids is 8. The number of aromatic hydroxyl groups is 1. The number of methoxy groups -OCH3 is 1. The summed E-state index contributed by atoms with van der Waals surface area (Å²) in [6, 6.07) is 8.49. The molecule has 60 heavy (non-hydrogen) atoms. The van der Waals surface area contributed by atoms with E-state index in [-0.39, 0.29) is 77.5 Å². The Balaban J connectivity index is 1.86. The van der Waals surface area contributed by atoms with Gasteiger partial charge in [0.25, 0.3) is 12.9 Å². The minimum atomic E-state index is -1.16. The number of hydrogen-bond acceptors (Lipinski definition) is 18. The van der Waals surface area contributed by atoms with Gasteiger partial charge in [0.1, 0.15) is 58.6 Å². The van der Waals surface area contributed by atoms with Crippen molar-refractivity contribution in [2.24, 2.45) is 0 Å². The third-order valence-corrected chi connectivity index (χ3v) is 7.65. The first kappa shape index (κ1) is 47.4. The van der Waals surface area contributed by atoms with E-state index in [4.69, 9.17) is 74.0 Å². The van der Waals surface area contributed by atoms with Gasteiger partial charge in [-0.15, -0.1) is 0 Å². The summed E-state index contributed by atoms with van der Waals surface area (Å²) in [6.45, 7) is -3.33. The minimum absolute atomic E-state index is 0.00291. The van der Waals surface area contributed by atoms with E-state index < -0.39 is 81.1 Å². The quantitative estimate of drug-likeness (QED) is 0.0742. The highest BCUT2D eigenvalue weighted by Crippen LogP contribution is 2.30. The van der Waals surface area contributed by atoms with Crippen LogP contribution < -0.4 is 10.6 Å². The number of phenolic OH excluding ortho intramolecular Hbond substituents is 1. The standard InChI is InChI=1S/C36H32B4N2O18/c1-52-8-19-6-26(15-59-35(50)41-28-22(11-53-17-43)2-20(9-55-31(37)46)4-24(28)13-57-33(39)48)30(45)27(7-19)16-60-36(51)42-29-23(12-54-18-44)3-21(10-56-32(38)47)5-25(29)14-58-34(40)49/h2-7,17-18,45H,8-16H2,1H3,(H,41,50)(H,42,51). The molecule has 2 amide bonds. The summed E-state index contributed by atoms with van der Waals surface area (Å²) < 4.78 is 45.1. The van der Waals surface area contributed by atoms with Crippen molar-refractivity contribution < 1.29 is 86.1 Å². The summed E-state index contributed by atoms with van der Waals surface area (Å²) in [5, 5.41) is 16.1. The maximum Gasteiger partial charge on any atom is 0.411 e. The Morgan fingerprint density at radius 2 is 0.783 bits per heavy atom. The molecule has 0 atom stereocenters. The molecule has 0 heterocycles. The predicted molar refractivity (Wildman–Crippen MR) is 205 cm³/mol. The molecule has 0 saturated heterocycles. The summed E-state index contributed by atoms with van der Waals surface area (Å²) in [6.07, 6.45) is -2.20. The first-order valence-electron chi connectivity index (χ1n) is 16.9. The van der Waals surface area contributed by atoms with Gasteiger partial charge in [-0.1, -0.05) is 0 Å². The third kappa shape index (κ3) is 15.8. The molecule has 0 spiro atoms. The summed E-state index contributed by atoms with van der Waals surface area (Å²) in [5.41, 5.74) is 1.62. The van der Waals surface area contributed by atoms with Crippen LogP contribution in [0.4, 0.5) is 40.1 Å². The van der Waals surface area contributed by atoms with E-state index in [0.29, 0.717) is 16.7 Å². The van der Waals surface area contributed by atoms with Gasteiger partial charge in [-0.3, -0.25) is 39.4 Å². The summed E-state index contributed by atoms with van der Waals surface area (Å²) in [5.74, 6) is -4.94. The zero-order valence-electron chi connectivity index (χ0n) is 31.7. The Morgan fingerprint density at radius 3 is 1.12 bits per heavy atom. The van der Waals surface area contributed by atoms with Crippen molar-refractivity contribution in [2.45, 2.75) is 59.5 Å². The Hall–Kier alpha value is -6.96. The van der Waals surface area contributed by atoms with E-state index in [1.54, 1.807) is 0 Å². The number of ether oxygens (including phenoxy) is 9. The first-order chi connectivity index (χ1) is 28.6. The zero-order valence-corrected chi connectivity index (χ0v) is 31.7. The number of phenols is 1. The van der Waals surface area contributed by atoms with Crippen molar-refractivity contribution in [1.82, 2.24) is 0 Å². The van der Waals surface area contributed by atoms with Crippen molar-refractivity contribution in [2.75, 3.05) is 17.7 Å². The molecular formula is C36H32B4N2O18. The van der Waals surface area contributed by atoms with Crippen LogP contribution >= 0.6 is 0 Å². The first-order valence-corrected chi connectivity index (χ1v) is 16.9. The van der Waals surface area contributed by atoms with Crippen LogP contribution in [0.5, 0.6) is 5.75 Å². The second-order valence-electron chi connectivity index (χ2n) is 11.9. The number of nitrogens with one attached hydrogen (secondary N) is 2. The van der Waals surface area contributed by atoms with Crippen LogP contribution in [0.2, 0.25) is 0 Å². The Bertz CT molecular complexity index is 1940. The van der Waals surface area contributed by atoms with Gasteiger partial charge in [0, 0.05) is 40.5 Å². The molecule has 0 saturated carbocycles. The van der Waals surface area contributed by atoms with Crippen LogP contribution in [0, 0.1) is 0 Å². The molecule has 0 aliphatic carbocycles. The van der Waals surface area contributed by atoms with Crippen molar-refractivity contribution in [3.8, 4) is 5.75 Å². The molecule has 3 N–H and O–H groups in total. The van der Waals surface area contributed by atoms with Gasteiger partial charge >= 0.3 is 12.2 Å². The van der Waals surface area contributed by atoms with Gasteiger partial charge in [-0.25, -0.2) is 9.59 Å². The van der Waals surface area contributed by atoms with Gasteiger partial charge in [-0.2, -0.15) is 0 Å². The lowest BCUT2D eigenvalue weighted by atomic mass is 10.0. The fourth-order valence-corrected chi connectivity index (χ4v) is 5.34. The fraction of sp³-hybridized carbons (Fsp3) is 0.278. The molecule has 0 fully saturated rings. The monoisotopic (exact) mass is 824 g/mol. The predicted octanol–water partition coefficient (Wildman–Crippen LogP) is 3.60. The van der Waals surface area contributed by atoms with Crippen LogP contribution in [-0.4, -0.2) is 92.2 Å². The van der Waals surface area contributed by atoms with Crippen LogP contribution in [0.25, 0.3) is 0 Å². The van der Waals surface area contributed by atoms with Gasteiger partial charge in [0.15, 0.2) is 0 Å². The van der Waals surface area contributed by atoms with E-state index in [1.807, 2.05) is 0 Å². The van der Waals surface area contributed by atoms with Gasteiger partial charge in [-0.05, 0) is 53.1 Å². The van der Waals surface area contributed by atoms with Gasteiger partial charge in [0.2, 0.25) is 54.9 Å². The van der Waals surface area contributed by atoms with Crippen LogP contribution in [0.15, 0.2) is 36.4 Å². The highest BCUT2D eigenvalue weighted by molar-refractivity contribution is 6.55. The minimum Gasteiger partial charge on any atom is -0.507 e. The van der Waals surface area contributed by atoms with Crippen LogP contribution in [0.3, 0.4) is 0 Å². The lowest BCUT2D eigenvalue weighted by Gasteiger charge is -2.19. The molecule has 306 valence electrons. The summed E-state index contributed by atoms with van der Waals surface area (Å²) in [4.78, 5) is 93.5. The molecule has 8 radical (unpaired) electrons. The number of rotatable bonds is 22. The molecule has 3 aromatic carbocycles. The molecular weight excluding hydrogens is 792 g/mol. The molecule has 0 aromatic heterocycles. The van der Waals surface area contributed by atoms with Crippen molar-refractivity contribution >= 4 is 91.4 Å². The number of benzene rings is 3. The molecule has 20 nitrogen and oxygen atoms in total. The number of amides is 2. The molecule has 24 heteroatoms. The second kappa shape index (κ2) is 24.1. The summed E-state index contributed by atoms with van der Waals surface area (Å²) >= 11 is 0. The van der Waals surface area contributed by atoms with Crippen LogP contribution in [-0.2, 0) is 112 Å². The topological polar surface area (TPSA) is 264 Å². The van der Waals surface area contributed by atoms with Gasteiger partial charge < -0.3 is 47.7 Å². The maximum atomic E-state index is 13.2. The Labute approximate surface area is 346 Å². The molecule has 0 aliphatic rings. The molecule has 0 bridgehead atoms. The van der Waals surface area contributed by atoms with E-state index in [1.165, 1.54) is 43.5 Å². The summed E-state index contributed by atoms with van der Waals surface area (Å²) in [7, 11) is 21.7. The Kier molecular flexibility index (Phi) is 19.0. The largest absolute Gasteiger partial charge is 0.507 e. The van der Waals surface area contributed by atoms with E-state index in [0.717, 1.165) is 0 Å². The molecule has 0 unspecified atom stereocenters. The normalized spacial score (nSPS) is 10.3. The van der Waals surface area contributed by atoms with Crippen LogP contribution in [0.1, 0.15) is 50.1 Å². The average molecular weight is 824 g/mol. The maximum absolute atomic E-state index is 13.2. The number of carbonyl (C=O) groups is 8. The highest BCUT2D eigenvalue weighted by Gasteiger charge is 2.21. The van der Waals surface area contributed by atoms with E-state index in [9.17, 15) is 43.5 Å². The number of hydrogen-bond donors (Lipinski definition) is 3. The third-order valence-electron chi connectivity index (χ3n) is 7.65. The zero-order chi connectivity index (χ0) is 44.2. The lowest BCUT2D eigenvalue weighted by Crippen LogP contribution is -2.19. The molecule has 3 rings (SSSR count). The SMILES string of the molecule is [B]C(=O)OCc1cc(COC=O)c(NC(=O)OCc2cc(COC)cc(COC(=O)Nc3c(COC=O)cc(COC([B])=O)cc3COC([B])=O)c2O)c(COC([B])=O)c1. The molecule has 0 aliphatic heterocycles. The van der Waals surface area contributed by atoms with Crippen molar-refractivity contribution in [1.29, 1.82) is 0 Å². The second-order valence-corrected chi connectivity index (χ2v) is 11.9. The van der Waals surface area contributed by atoms with Gasteiger partial charge in [0.05, 0.1) is 18.0 Å². The van der Waals surface area contributed by atoms with Crippen molar-refractivity contribution in [3.63, 3.8) is 0 Å². The lowest BCUT2D eigenvalue weighted by molar-refractivity contribution is -0.130. The Morgan fingerprint density at radius 1 is 0.483 bits per heavy atom. The van der Waals surface area contributed by atoms with E-state index >= 15 is 0 Å². The van der Waals surface area contributed by atoms with E-state index in [2.05, 4.69) is 10.6 Å². The average Bonchev–Trinajstić information content (AvgIpc) is 3.19. The van der Waals surface area contributed by atoms with Crippen molar-refractivity contribution in [3.05, 3.63) is 86.5 Å². The number of anilines is 2. The fourth-order valence-electron chi connectivity index (χ4n) is 5.34. The molecule has 3 aromatic rings.